The molecule has 1 saturated carbocycles. The third kappa shape index (κ3) is 3.46. The minimum atomic E-state index is -0.227. The number of methoxy groups -OCH3 is 1. The van der Waals surface area contributed by atoms with Gasteiger partial charge in [0.25, 0.3) is 5.91 Å². The van der Waals surface area contributed by atoms with E-state index < -0.39 is 0 Å². The number of piperidine rings is 1. The summed E-state index contributed by atoms with van der Waals surface area (Å²) in [6.45, 7) is 1.35. The number of rotatable bonds is 4. The minimum absolute atomic E-state index is 0.0514. The summed E-state index contributed by atoms with van der Waals surface area (Å²) in [4.78, 5) is 34.7. The van der Waals surface area contributed by atoms with E-state index in [1.807, 2.05) is 41.6 Å². The van der Waals surface area contributed by atoms with Crippen LogP contribution >= 0.6 is 0 Å². The van der Waals surface area contributed by atoms with E-state index in [-0.39, 0.29) is 23.4 Å². The van der Waals surface area contributed by atoms with Gasteiger partial charge in [0.05, 0.1) is 18.6 Å². The van der Waals surface area contributed by atoms with Crippen LogP contribution < -0.4 is 4.74 Å². The first-order valence-corrected chi connectivity index (χ1v) is 11.8. The second-order valence-corrected chi connectivity index (χ2v) is 9.36. The van der Waals surface area contributed by atoms with Gasteiger partial charge in [-0.1, -0.05) is 19.3 Å². The molecule has 6 heteroatoms. The second kappa shape index (κ2) is 8.57. The highest BCUT2D eigenvalue weighted by atomic mass is 16.5. The van der Waals surface area contributed by atoms with Crippen LogP contribution in [0.5, 0.6) is 5.75 Å². The molecule has 1 spiro atoms. The number of ether oxygens (including phenoxy) is 1. The molecule has 0 N–H and O–H groups in total. The number of carbonyl (C=O) groups excluding carboxylic acids is 2. The zero-order valence-corrected chi connectivity index (χ0v) is 18.7. The highest BCUT2D eigenvalue weighted by Gasteiger charge is 2.62. The van der Waals surface area contributed by atoms with Crippen LogP contribution in [-0.2, 0) is 4.79 Å². The third-order valence-electron chi connectivity index (χ3n) is 7.71. The normalized spacial score (nSPS) is 23.2. The average Bonchev–Trinajstić information content (AvgIpc) is 2.87. The molecule has 168 valence electrons. The highest BCUT2D eigenvalue weighted by Crippen LogP contribution is 2.59. The number of benzene rings is 1. The van der Waals surface area contributed by atoms with E-state index in [9.17, 15) is 9.59 Å². The van der Waals surface area contributed by atoms with Gasteiger partial charge in [-0.3, -0.25) is 14.6 Å². The standard InChI is InChI=1S/C26H31N3O3/c1-32-22-7-5-20(6-8-22)24(30)28-17-11-21(12-18-28)29-23(19-9-15-27-16-10-19)26(25(29)31)13-3-2-4-14-26/h5-10,15-16,21,23H,2-4,11-14,17-18H2,1H3. The number of carbonyl (C=O) groups is 2. The van der Waals surface area contributed by atoms with Crippen LogP contribution in [0.15, 0.2) is 48.8 Å². The lowest BCUT2D eigenvalue weighted by Crippen LogP contribution is -2.67. The molecule has 1 aliphatic carbocycles. The van der Waals surface area contributed by atoms with Gasteiger partial charge in [0.1, 0.15) is 5.75 Å². The summed E-state index contributed by atoms with van der Waals surface area (Å²) in [5, 5.41) is 0. The molecule has 6 nitrogen and oxygen atoms in total. The Morgan fingerprint density at radius 3 is 2.28 bits per heavy atom. The number of hydrogen-bond donors (Lipinski definition) is 0. The van der Waals surface area contributed by atoms with Gasteiger partial charge in [0.2, 0.25) is 5.91 Å². The van der Waals surface area contributed by atoms with Crippen LogP contribution in [0, 0.1) is 5.41 Å². The smallest absolute Gasteiger partial charge is 0.253 e. The minimum Gasteiger partial charge on any atom is -0.497 e. The fraction of sp³-hybridized carbons (Fsp3) is 0.500. The maximum absolute atomic E-state index is 13.5. The van der Waals surface area contributed by atoms with E-state index in [1.54, 1.807) is 7.11 Å². The van der Waals surface area contributed by atoms with Crippen molar-refractivity contribution in [1.82, 2.24) is 14.8 Å². The van der Waals surface area contributed by atoms with E-state index >= 15 is 0 Å². The predicted octanol–water partition coefficient (Wildman–Crippen LogP) is 4.23. The monoisotopic (exact) mass is 433 g/mol. The summed E-state index contributed by atoms with van der Waals surface area (Å²) in [6, 6.07) is 11.8. The number of hydrogen-bond acceptors (Lipinski definition) is 4. The Labute approximate surface area is 189 Å². The lowest BCUT2D eigenvalue weighted by molar-refractivity contribution is -0.186. The first-order valence-electron chi connectivity index (χ1n) is 11.8. The first kappa shape index (κ1) is 21.0. The molecule has 0 bridgehead atoms. The fourth-order valence-corrected chi connectivity index (χ4v) is 6.03. The summed E-state index contributed by atoms with van der Waals surface area (Å²) in [5.74, 6) is 1.13. The Morgan fingerprint density at radius 2 is 1.66 bits per heavy atom. The predicted molar refractivity (Wildman–Crippen MR) is 121 cm³/mol. The summed E-state index contributed by atoms with van der Waals surface area (Å²) < 4.78 is 5.19. The van der Waals surface area contributed by atoms with Crippen LogP contribution in [0.4, 0.5) is 0 Å². The molecule has 32 heavy (non-hydrogen) atoms. The molecule has 2 aliphatic heterocycles. The van der Waals surface area contributed by atoms with Crippen molar-refractivity contribution in [3.63, 3.8) is 0 Å². The molecule has 5 rings (SSSR count). The zero-order chi connectivity index (χ0) is 22.1. The number of aromatic nitrogens is 1. The summed E-state index contributed by atoms with van der Waals surface area (Å²) in [7, 11) is 1.62. The Morgan fingerprint density at radius 1 is 1.00 bits per heavy atom. The molecule has 3 aliphatic rings. The van der Waals surface area contributed by atoms with Crippen molar-refractivity contribution < 1.29 is 14.3 Å². The summed E-state index contributed by atoms with van der Waals surface area (Å²) in [5.41, 5.74) is 1.66. The number of β-lactam (4-membered cyclic amide) rings is 1. The summed E-state index contributed by atoms with van der Waals surface area (Å²) >= 11 is 0. The van der Waals surface area contributed by atoms with Gasteiger partial charge >= 0.3 is 0 Å². The quantitative estimate of drug-likeness (QED) is 0.677. The molecule has 3 fully saturated rings. The number of amides is 2. The van der Waals surface area contributed by atoms with Gasteiger partial charge < -0.3 is 14.5 Å². The molecule has 2 aromatic rings. The van der Waals surface area contributed by atoms with Crippen molar-refractivity contribution in [3.05, 3.63) is 59.9 Å². The van der Waals surface area contributed by atoms with Crippen molar-refractivity contribution in [3.8, 4) is 5.75 Å². The van der Waals surface area contributed by atoms with Gasteiger partial charge in [-0.25, -0.2) is 0 Å². The Hall–Kier alpha value is -2.89. The molecule has 2 saturated heterocycles. The van der Waals surface area contributed by atoms with Crippen LogP contribution in [0.3, 0.4) is 0 Å². The third-order valence-corrected chi connectivity index (χ3v) is 7.71. The van der Waals surface area contributed by atoms with Gasteiger partial charge in [0.15, 0.2) is 0 Å². The zero-order valence-electron chi connectivity index (χ0n) is 18.7. The van der Waals surface area contributed by atoms with Gasteiger partial charge in [-0.2, -0.15) is 0 Å². The number of nitrogens with zero attached hydrogens (tertiary/aromatic N) is 3. The maximum atomic E-state index is 13.5. The van der Waals surface area contributed by atoms with E-state index in [0.29, 0.717) is 24.6 Å². The van der Waals surface area contributed by atoms with Gasteiger partial charge in [-0.05, 0) is 67.6 Å². The van der Waals surface area contributed by atoms with Gasteiger partial charge in [0, 0.05) is 37.1 Å². The molecule has 1 aromatic carbocycles. The topological polar surface area (TPSA) is 62.7 Å². The average molecular weight is 434 g/mol. The van der Waals surface area contributed by atoms with Crippen LogP contribution in [0.25, 0.3) is 0 Å². The number of pyridine rings is 1. The maximum Gasteiger partial charge on any atom is 0.253 e. The lowest BCUT2D eigenvalue weighted by Gasteiger charge is -2.61. The van der Waals surface area contributed by atoms with Crippen molar-refractivity contribution in [2.75, 3.05) is 20.2 Å². The Balaban J connectivity index is 1.30. The van der Waals surface area contributed by atoms with Crippen molar-refractivity contribution in [2.24, 2.45) is 5.41 Å². The Bertz CT molecular complexity index is 962. The van der Waals surface area contributed by atoms with Crippen LogP contribution in [-0.4, -0.2) is 52.8 Å². The van der Waals surface area contributed by atoms with E-state index in [4.69, 9.17) is 4.74 Å². The molecule has 2 amide bonds. The van der Waals surface area contributed by atoms with Crippen molar-refractivity contribution in [1.29, 1.82) is 0 Å². The first-order chi connectivity index (χ1) is 15.6. The van der Waals surface area contributed by atoms with Crippen molar-refractivity contribution in [2.45, 2.75) is 57.0 Å². The van der Waals surface area contributed by atoms with Crippen LogP contribution in [0.2, 0.25) is 0 Å². The van der Waals surface area contributed by atoms with Crippen LogP contribution in [0.1, 0.15) is 66.9 Å². The molecule has 1 unspecified atom stereocenters. The molecular weight excluding hydrogens is 402 g/mol. The van der Waals surface area contributed by atoms with Crippen molar-refractivity contribution >= 4 is 11.8 Å². The largest absolute Gasteiger partial charge is 0.497 e. The number of likely N-dealkylation sites (tertiary alicyclic amines) is 2. The highest BCUT2D eigenvalue weighted by molar-refractivity contribution is 5.94. The molecule has 1 atom stereocenters. The van der Waals surface area contributed by atoms with E-state index in [0.717, 1.165) is 44.3 Å². The molecule has 3 heterocycles. The van der Waals surface area contributed by atoms with Gasteiger partial charge in [-0.15, -0.1) is 0 Å². The second-order valence-electron chi connectivity index (χ2n) is 9.36. The van der Waals surface area contributed by atoms with E-state index in [1.165, 1.54) is 12.0 Å². The molecular formula is C26H31N3O3. The molecule has 0 radical (unpaired) electrons. The molecule has 1 aromatic heterocycles. The van der Waals surface area contributed by atoms with E-state index in [2.05, 4.69) is 22.0 Å². The Kier molecular flexibility index (Phi) is 5.62. The lowest BCUT2D eigenvalue weighted by atomic mass is 9.59. The SMILES string of the molecule is COc1ccc(C(=O)N2CCC(N3C(=O)C4(CCCCC4)C3c3ccncc3)CC2)cc1. The summed E-state index contributed by atoms with van der Waals surface area (Å²) in [6.07, 6.45) is 10.8. The fourth-order valence-electron chi connectivity index (χ4n) is 6.03.